The van der Waals surface area contributed by atoms with E-state index in [2.05, 4.69) is 11.2 Å². The molecular formula is C23H20F3N3O4. The van der Waals surface area contributed by atoms with Gasteiger partial charge >= 0.3 is 0 Å². The molecule has 1 saturated heterocycles. The van der Waals surface area contributed by atoms with Crippen molar-refractivity contribution < 1.29 is 27.9 Å². The molecule has 0 aliphatic carbocycles. The summed E-state index contributed by atoms with van der Waals surface area (Å²) in [6.07, 6.45) is 7.92. The van der Waals surface area contributed by atoms with Gasteiger partial charge in [-0.3, -0.25) is 14.4 Å². The highest BCUT2D eigenvalue weighted by molar-refractivity contribution is 5.99. The molecule has 0 radical (unpaired) electrons. The SMILES string of the molecule is C#C[C@@H]1CC[C@H]2CN(C(=O)c3c(O)c(=O)c(C(=O)NCc4c(F)cc(F)cc4F)cn32)[C@H]1C. The third-order valence-corrected chi connectivity index (χ3v) is 6.35. The Morgan fingerprint density at radius 2 is 1.91 bits per heavy atom. The van der Waals surface area contributed by atoms with Crippen molar-refractivity contribution in [3.63, 3.8) is 0 Å². The summed E-state index contributed by atoms with van der Waals surface area (Å²) in [4.78, 5) is 39.9. The number of fused-ring (bicyclic) bond motifs is 4. The molecule has 2 amide bonds. The number of carbonyl (C=O) groups excluding carboxylic acids is 2. The van der Waals surface area contributed by atoms with E-state index < -0.39 is 58.1 Å². The molecule has 0 unspecified atom stereocenters. The van der Waals surface area contributed by atoms with Crippen LogP contribution in [0.1, 0.15) is 52.2 Å². The van der Waals surface area contributed by atoms with Gasteiger partial charge in [0.1, 0.15) is 23.0 Å². The summed E-state index contributed by atoms with van der Waals surface area (Å²) in [5.41, 5.74) is -2.40. The van der Waals surface area contributed by atoms with Crippen LogP contribution < -0.4 is 10.7 Å². The maximum Gasteiger partial charge on any atom is 0.274 e. The van der Waals surface area contributed by atoms with Crippen molar-refractivity contribution in [2.45, 2.75) is 38.4 Å². The molecule has 7 nitrogen and oxygen atoms in total. The van der Waals surface area contributed by atoms with E-state index in [1.54, 1.807) is 0 Å². The van der Waals surface area contributed by atoms with Gasteiger partial charge in [0.05, 0.1) is 6.04 Å². The average Bonchev–Trinajstić information content (AvgIpc) is 2.90. The average molecular weight is 459 g/mol. The third kappa shape index (κ3) is 3.73. The van der Waals surface area contributed by atoms with Crippen LogP contribution in [0.4, 0.5) is 13.2 Å². The lowest BCUT2D eigenvalue weighted by Gasteiger charge is -2.37. The zero-order valence-electron chi connectivity index (χ0n) is 17.6. The Bertz CT molecular complexity index is 1240. The van der Waals surface area contributed by atoms with Crippen molar-refractivity contribution in [1.29, 1.82) is 0 Å². The summed E-state index contributed by atoms with van der Waals surface area (Å²) >= 11 is 0. The highest BCUT2D eigenvalue weighted by Gasteiger charge is 2.41. The van der Waals surface area contributed by atoms with Crippen molar-refractivity contribution in [3.8, 4) is 18.1 Å². The van der Waals surface area contributed by atoms with Gasteiger partial charge < -0.3 is 19.9 Å². The van der Waals surface area contributed by atoms with Crippen LogP contribution in [0.3, 0.4) is 0 Å². The lowest BCUT2D eigenvalue weighted by Crippen LogP contribution is -2.48. The van der Waals surface area contributed by atoms with Gasteiger partial charge in [0.25, 0.3) is 11.8 Å². The zero-order valence-corrected chi connectivity index (χ0v) is 17.6. The first-order valence-electron chi connectivity index (χ1n) is 10.3. The second-order valence-electron chi connectivity index (χ2n) is 8.21. The number of rotatable bonds is 3. The first-order valence-corrected chi connectivity index (χ1v) is 10.3. The number of nitrogens with zero attached hydrogens (tertiary/aromatic N) is 2. The quantitative estimate of drug-likeness (QED) is 0.690. The summed E-state index contributed by atoms with van der Waals surface area (Å²) in [5, 5.41) is 12.7. The van der Waals surface area contributed by atoms with Crippen molar-refractivity contribution in [2.24, 2.45) is 5.92 Å². The fourth-order valence-corrected chi connectivity index (χ4v) is 4.45. The number of terminal acetylenes is 1. The van der Waals surface area contributed by atoms with Gasteiger partial charge in [0.15, 0.2) is 11.4 Å². The monoisotopic (exact) mass is 459 g/mol. The molecule has 3 heterocycles. The second-order valence-corrected chi connectivity index (χ2v) is 8.21. The fourth-order valence-electron chi connectivity index (χ4n) is 4.45. The Labute approximate surface area is 186 Å². The number of amides is 2. The van der Waals surface area contributed by atoms with E-state index in [9.17, 15) is 32.7 Å². The predicted octanol–water partition coefficient (Wildman–Crippen LogP) is 2.33. The van der Waals surface area contributed by atoms with Crippen LogP contribution in [0.2, 0.25) is 0 Å². The lowest BCUT2D eigenvalue weighted by atomic mass is 9.96. The highest BCUT2D eigenvalue weighted by Crippen LogP contribution is 2.36. The Kier molecular flexibility index (Phi) is 5.66. The van der Waals surface area contributed by atoms with Crippen LogP contribution in [-0.2, 0) is 6.54 Å². The highest BCUT2D eigenvalue weighted by atomic mass is 19.1. The number of hydrogen-bond donors (Lipinski definition) is 2. The number of aromatic hydroxyl groups is 1. The third-order valence-electron chi connectivity index (χ3n) is 6.35. The standard InChI is InChI=1S/C23H20F3N3O4/c1-3-12-4-5-14-9-28(11(12)2)23(33)19-21(31)20(30)16(10-29(14)19)22(32)27-8-15-17(25)6-13(24)7-18(15)26/h1,6-7,10-12,14,31H,4-5,8-9H2,2H3,(H,27,32)/t11-,12+,14-/m0/s1. The van der Waals surface area contributed by atoms with Crippen LogP contribution in [0.25, 0.3) is 0 Å². The minimum atomic E-state index is -1.20. The molecular weight excluding hydrogens is 439 g/mol. The maximum atomic E-state index is 13.9. The number of benzene rings is 1. The van der Waals surface area contributed by atoms with E-state index in [-0.39, 0.29) is 23.7 Å². The summed E-state index contributed by atoms with van der Waals surface area (Å²) < 4.78 is 42.2. The normalized spacial score (nSPS) is 21.7. The molecule has 2 bridgehead atoms. The number of pyridine rings is 1. The van der Waals surface area contributed by atoms with Crippen molar-refractivity contribution in [1.82, 2.24) is 14.8 Å². The van der Waals surface area contributed by atoms with Crippen LogP contribution in [0.5, 0.6) is 5.75 Å². The number of nitrogens with one attached hydrogen (secondary N) is 1. The van der Waals surface area contributed by atoms with E-state index in [4.69, 9.17) is 6.42 Å². The summed E-state index contributed by atoms with van der Waals surface area (Å²) in [6.45, 7) is 1.45. The van der Waals surface area contributed by atoms with Crippen molar-refractivity contribution >= 4 is 11.8 Å². The smallest absolute Gasteiger partial charge is 0.274 e. The van der Waals surface area contributed by atoms with Gasteiger partial charge in [-0.25, -0.2) is 13.2 Å². The van der Waals surface area contributed by atoms with Crippen LogP contribution in [0.15, 0.2) is 23.1 Å². The van der Waals surface area contributed by atoms with E-state index >= 15 is 0 Å². The molecule has 3 atom stereocenters. The minimum absolute atomic E-state index is 0.203. The first kappa shape index (κ1) is 22.5. The largest absolute Gasteiger partial charge is 0.503 e. The van der Waals surface area contributed by atoms with E-state index in [0.717, 1.165) is 0 Å². The van der Waals surface area contributed by atoms with Gasteiger partial charge in [-0.1, -0.05) is 0 Å². The molecule has 2 N–H and O–H groups in total. The van der Waals surface area contributed by atoms with Gasteiger partial charge in [0, 0.05) is 48.9 Å². The van der Waals surface area contributed by atoms with Gasteiger partial charge in [-0.2, -0.15) is 0 Å². The summed E-state index contributed by atoms with van der Waals surface area (Å²) in [7, 11) is 0. The van der Waals surface area contributed by atoms with E-state index in [0.29, 0.717) is 31.5 Å². The van der Waals surface area contributed by atoms with Crippen LogP contribution in [0, 0.1) is 35.7 Å². The molecule has 0 saturated carbocycles. The van der Waals surface area contributed by atoms with E-state index in [1.165, 1.54) is 15.7 Å². The molecule has 0 spiro atoms. The first-order chi connectivity index (χ1) is 15.6. The Morgan fingerprint density at radius 3 is 2.55 bits per heavy atom. The topological polar surface area (TPSA) is 91.6 Å². The molecule has 2 aliphatic heterocycles. The number of hydrogen-bond acceptors (Lipinski definition) is 4. The lowest BCUT2D eigenvalue weighted by molar-refractivity contribution is 0.0584. The Morgan fingerprint density at radius 1 is 1.24 bits per heavy atom. The molecule has 2 aromatic rings. The second kappa shape index (κ2) is 8.31. The van der Waals surface area contributed by atoms with Gasteiger partial charge in [-0.05, 0) is 19.8 Å². The number of aromatic nitrogens is 1. The summed E-state index contributed by atoms with van der Waals surface area (Å²) in [6, 6.07) is 0.318. The zero-order chi connectivity index (χ0) is 24.0. The Balaban J connectivity index is 1.68. The maximum absolute atomic E-state index is 13.9. The summed E-state index contributed by atoms with van der Waals surface area (Å²) in [5.74, 6) is -3.49. The van der Waals surface area contributed by atoms with Gasteiger partial charge in [0.2, 0.25) is 5.43 Å². The molecule has 1 aromatic heterocycles. The van der Waals surface area contributed by atoms with Crippen molar-refractivity contribution in [3.05, 3.63) is 62.8 Å². The number of halogens is 3. The predicted molar refractivity (Wildman–Crippen MR) is 111 cm³/mol. The number of carbonyl (C=O) groups is 2. The molecule has 2 aliphatic rings. The molecule has 10 heteroatoms. The molecule has 172 valence electrons. The van der Waals surface area contributed by atoms with Crippen molar-refractivity contribution in [2.75, 3.05) is 6.54 Å². The molecule has 4 rings (SSSR count). The van der Waals surface area contributed by atoms with E-state index in [1.807, 2.05) is 6.92 Å². The van der Waals surface area contributed by atoms with Gasteiger partial charge in [-0.15, -0.1) is 12.3 Å². The molecule has 1 fully saturated rings. The minimum Gasteiger partial charge on any atom is -0.503 e. The molecule has 1 aromatic carbocycles. The fraction of sp³-hybridized carbons (Fsp3) is 0.348. The Hall–Kier alpha value is -3.74. The molecule has 33 heavy (non-hydrogen) atoms. The van der Waals surface area contributed by atoms with Crippen LogP contribution >= 0.6 is 0 Å². The van der Waals surface area contributed by atoms with Crippen LogP contribution in [-0.4, -0.2) is 39.0 Å².